The van der Waals surface area contributed by atoms with E-state index >= 15 is 0 Å². The Hall–Kier alpha value is -2.80. The van der Waals surface area contributed by atoms with E-state index in [9.17, 15) is 4.79 Å². The molecule has 8 heteroatoms. The first-order valence-corrected chi connectivity index (χ1v) is 9.33. The minimum Gasteiger partial charge on any atom is -0.398 e. The highest BCUT2D eigenvalue weighted by molar-refractivity contribution is 6.45. The highest BCUT2D eigenvalue weighted by Crippen LogP contribution is 2.25. The van der Waals surface area contributed by atoms with Gasteiger partial charge < -0.3 is 10.2 Å². The molecule has 0 spiro atoms. The van der Waals surface area contributed by atoms with Gasteiger partial charge in [0.15, 0.2) is 5.71 Å². The standard InChI is InChI=1S/C21H21Cl2N3O3/c1-14(11-12-17-18(22)9-6-10-19(17)23)25-29-13-15-7-4-5-8-16(15)20(26-28-3)21(27)24-2/h4-12,25H,1,13H2,2-3H3,(H,24,27)/b12-11+,26-20?. The lowest BCUT2D eigenvalue weighted by Crippen LogP contribution is -2.29. The molecule has 0 aromatic heterocycles. The number of benzene rings is 2. The van der Waals surface area contributed by atoms with Crippen LogP contribution >= 0.6 is 23.2 Å². The van der Waals surface area contributed by atoms with Crippen LogP contribution in [0.25, 0.3) is 6.08 Å². The van der Waals surface area contributed by atoms with Gasteiger partial charge in [0.05, 0.1) is 5.70 Å². The van der Waals surface area contributed by atoms with Gasteiger partial charge in [0, 0.05) is 28.2 Å². The van der Waals surface area contributed by atoms with Gasteiger partial charge in [0.1, 0.15) is 13.7 Å². The van der Waals surface area contributed by atoms with E-state index in [1.807, 2.05) is 12.1 Å². The Bertz CT molecular complexity index is 922. The number of hydroxylamine groups is 1. The van der Waals surface area contributed by atoms with Crippen molar-refractivity contribution in [3.05, 3.63) is 87.6 Å². The molecule has 0 radical (unpaired) electrons. The molecule has 29 heavy (non-hydrogen) atoms. The molecule has 0 aliphatic rings. The predicted molar refractivity (Wildman–Crippen MR) is 117 cm³/mol. The second kappa shape index (κ2) is 11.3. The number of likely N-dealkylation sites (N-methyl/N-ethyl adjacent to an activating group) is 1. The minimum absolute atomic E-state index is 0.154. The summed E-state index contributed by atoms with van der Waals surface area (Å²) >= 11 is 12.3. The normalized spacial score (nSPS) is 11.4. The molecule has 0 unspecified atom stereocenters. The first-order chi connectivity index (χ1) is 14.0. The molecule has 2 aromatic rings. The minimum atomic E-state index is -0.365. The summed E-state index contributed by atoms with van der Waals surface area (Å²) in [6.07, 6.45) is 3.44. The highest BCUT2D eigenvalue weighted by Gasteiger charge is 2.17. The third-order valence-electron chi connectivity index (χ3n) is 3.78. The van der Waals surface area contributed by atoms with Crippen LogP contribution in [0.3, 0.4) is 0 Å². The van der Waals surface area contributed by atoms with Gasteiger partial charge in [0.2, 0.25) is 0 Å². The molecule has 0 bridgehead atoms. The molecule has 0 aliphatic carbocycles. The molecule has 2 N–H and O–H groups in total. The number of nitrogens with one attached hydrogen (secondary N) is 2. The molecule has 152 valence electrons. The van der Waals surface area contributed by atoms with Crippen molar-refractivity contribution in [2.45, 2.75) is 6.61 Å². The summed E-state index contributed by atoms with van der Waals surface area (Å²) in [5, 5.41) is 7.44. The molecule has 1 amide bonds. The maximum atomic E-state index is 12.1. The van der Waals surface area contributed by atoms with Gasteiger partial charge >= 0.3 is 0 Å². The van der Waals surface area contributed by atoms with E-state index in [2.05, 4.69) is 22.5 Å². The number of carbonyl (C=O) groups excluding carboxylic acids is 1. The van der Waals surface area contributed by atoms with Gasteiger partial charge in [-0.25, -0.2) is 0 Å². The molecule has 0 heterocycles. The quantitative estimate of drug-likeness (QED) is 0.350. The first-order valence-electron chi connectivity index (χ1n) is 8.58. The molecule has 2 aromatic carbocycles. The van der Waals surface area contributed by atoms with E-state index in [1.54, 1.807) is 42.5 Å². The number of carbonyl (C=O) groups is 1. The van der Waals surface area contributed by atoms with Crippen molar-refractivity contribution in [3.63, 3.8) is 0 Å². The summed E-state index contributed by atoms with van der Waals surface area (Å²) in [4.78, 5) is 22.4. The fourth-order valence-corrected chi connectivity index (χ4v) is 2.92. The van der Waals surface area contributed by atoms with Crippen molar-refractivity contribution in [2.75, 3.05) is 14.2 Å². The van der Waals surface area contributed by atoms with E-state index in [4.69, 9.17) is 32.9 Å². The van der Waals surface area contributed by atoms with E-state index in [0.29, 0.717) is 26.9 Å². The summed E-state index contributed by atoms with van der Waals surface area (Å²) in [5.74, 6) is -0.365. The summed E-state index contributed by atoms with van der Waals surface area (Å²) in [7, 11) is 2.90. The number of oxime groups is 1. The van der Waals surface area contributed by atoms with Gasteiger partial charge in [-0.3, -0.25) is 15.1 Å². The van der Waals surface area contributed by atoms with Crippen molar-refractivity contribution in [1.82, 2.24) is 10.8 Å². The third-order valence-corrected chi connectivity index (χ3v) is 4.44. The predicted octanol–water partition coefficient (Wildman–Crippen LogP) is 4.34. The van der Waals surface area contributed by atoms with Crippen LogP contribution in [0.4, 0.5) is 0 Å². The monoisotopic (exact) mass is 433 g/mol. The Balaban J connectivity index is 2.04. The zero-order chi connectivity index (χ0) is 21.2. The van der Waals surface area contributed by atoms with Crippen LogP contribution in [0, 0.1) is 0 Å². The summed E-state index contributed by atoms with van der Waals surface area (Å²) in [6.45, 7) is 4.03. The summed E-state index contributed by atoms with van der Waals surface area (Å²) < 4.78 is 0. The third kappa shape index (κ3) is 6.35. The number of halogens is 2. The van der Waals surface area contributed by atoms with Gasteiger partial charge in [-0.05, 0) is 29.8 Å². The first kappa shape index (κ1) is 22.5. The van der Waals surface area contributed by atoms with E-state index < -0.39 is 0 Å². The molecular formula is C21H21Cl2N3O3. The number of nitrogens with zero attached hydrogens (tertiary/aromatic N) is 1. The maximum Gasteiger partial charge on any atom is 0.273 e. The largest absolute Gasteiger partial charge is 0.398 e. The van der Waals surface area contributed by atoms with Gasteiger partial charge in [-0.1, -0.05) is 65.3 Å². The number of rotatable bonds is 9. The van der Waals surface area contributed by atoms with Crippen molar-refractivity contribution >= 4 is 40.9 Å². The number of allylic oxidation sites excluding steroid dienone is 1. The zero-order valence-electron chi connectivity index (χ0n) is 16.0. The van der Waals surface area contributed by atoms with Crippen LogP contribution < -0.4 is 10.8 Å². The van der Waals surface area contributed by atoms with Crippen molar-refractivity contribution in [1.29, 1.82) is 0 Å². The fourth-order valence-electron chi connectivity index (χ4n) is 2.39. The van der Waals surface area contributed by atoms with Crippen LogP contribution in [-0.4, -0.2) is 25.8 Å². The Kier molecular flexibility index (Phi) is 8.73. The van der Waals surface area contributed by atoms with Crippen molar-refractivity contribution < 1.29 is 14.5 Å². The van der Waals surface area contributed by atoms with Crippen molar-refractivity contribution in [2.24, 2.45) is 5.16 Å². The van der Waals surface area contributed by atoms with Crippen LogP contribution in [0.2, 0.25) is 10.0 Å². The SMILES string of the molecule is C=C(/C=C/c1c(Cl)cccc1Cl)NOCc1ccccc1C(=NOC)C(=O)NC. The molecule has 2 rings (SSSR count). The van der Waals surface area contributed by atoms with Gasteiger partial charge in [-0.2, -0.15) is 0 Å². The van der Waals surface area contributed by atoms with Gasteiger partial charge in [0.25, 0.3) is 5.91 Å². The zero-order valence-corrected chi connectivity index (χ0v) is 17.6. The van der Waals surface area contributed by atoms with E-state index in [1.165, 1.54) is 14.2 Å². The lowest BCUT2D eigenvalue weighted by atomic mass is 10.0. The lowest BCUT2D eigenvalue weighted by molar-refractivity contribution is -0.114. The smallest absolute Gasteiger partial charge is 0.273 e. The topological polar surface area (TPSA) is 71.9 Å². The van der Waals surface area contributed by atoms with Gasteiger partial charge in [-0.15, -0.1) is 0 Å². The van der Waals surface area contributed by atoms with Crippen LogP contribution in [0.5, 0.6) is 0 Å². The Morgan fingerprint density at radius 3 is 2.52 bits per heavy atom. The second-order valence-corrected chi connectivity index (χ2v) is 6.56. The van der Waals surface area contributed by atoms with Crippen LogP contribution in [-0.2, 0) is 21.1 Å². The van der Waals surface area contributed by atoms with Crippen LogP contribution in [0.15, 0.2) is 66.0 Å². The molecule has 0 saturated heterocycles. The molecule has 0 saturated carbocycles. The average molecular weight is 434 g/mol. The second-order valence-electron chi connectivity index (χ2n) is 5.74. The maximum absolute atomic E-state index is 12.1. The molecule has 0 fully saturated rings. The molecule has 0 aliphatic heterocycles. The number of hydrogen-bond acceptors (Lipinski definition) is 5. The molecule has 6 nitrogen and oxygen atoms in total. The number of amides is 1. The highest BCUT2D eigenvalue weighted by atomic mass is 35.5. The van der Waals surface area contributed by atoms with E-state index in [0.717, 1.165) is 5.56 Å². The van der Waals surface area contributed by atoms with E-state index in [-0.39, 0.29) is 18.2 Å². The summed E-state index contributed by atoms with van der Waals surface area (Å²) in [5.41, 5.74) is 5.42. The summed E-state index contributed by atoms with van der Waals surface area (Å²) in [6, 6.07) is 12.5. The Morgan fingerprint density at radius 2 is 1.86 bits per heavy atom. The fraction of sp³-hybridized carbons (Fsp3) is 0.143. The Labute approximate surface area is 179 Å². The lowest BCUT2D eigenvalue weighted by Gasteiger charge is -2.12. The number of hydrogen-bond donors (Lipinski definition) is 2. The molecule has 0 atom stereocenters. The van der Waals surface area contributed by atoms with Crippen molar-refractivity contribution in [3.8, 4) is 0 Å². The Morgan fingerprint density at radius 1 is 1.17 bits per heavy atom. The average Bonchev–Trinajstić information content (AvgIpc) is 2.71. The van der Waals surface area contributed by atoms with Crippen LogP contribution in [0.1, 0.15) is 16.7 Å². The molecular weight excluding hydrogens is 413 g/mol.